The van der Waals surface area contributed by atoms with Crippen molar-refractivity contribution in [1.29, 1.82) is 0 Å². The highest BCUT2D eigenvalue weighted by atomic mass is 16.3. The van der Waals surface area contributed by atoms with Gasteiger partial charge in [-0.2, -0.15) is 0 Å². The Morgan fingerprint density at radius 2 is 1.53 bits per heavy atom. The molecule has 2 N–H and O–H groups in total. The van der Waals surface area contributed by atoms with Gasteiger partial charge in [0.25, 0.3) is 0 Å². The first kappa shape index (κ1) is 23.4. The van der Waals surface area contributed by atoms with E-state index in [2.05, 4.69) is 54.5 Å². The highest BCUT2D eigenvalue weighted by Crippen LogP contribution is 2.75. The molecule has 2 nitrogen and oxygen atoms in total. The second kappa shape index (κ2) is 6.87. The zero-order valence-electron chi connectivity index (χ0n) is 22.1. The van der Waals surface area contributed by atoms with Crippen molar-refractivity contribution in [1.82, 2.24) is 0 Å². The highest BCUT2D eigenvalue weighted by molar-refractivity contribution is 5.33. The van der Waals surface area contributed by atoms with Gasteiger partial charge in [0, 0.05) is 12.0 Å². The molecule has 0 aliphatic heterocycles. The van der Waals surface area contributed by atoms with Crippen LogP contribution in [0.5, 0.6) is 0 Å². The maximum Gasteiger partial charge on any atom is 0.0594 e. The van der Waals surface area contributed by atoms with Crippen LogP contribution in [-0.2, 0) is 0 Å². The van der Waals surface area contributed by atoms with E-state index in [-0.39, 0.29) is 22.3 Å². The van der Waals surface area contributed by atoms with Gasteiger partial charge in [0.2, 0.25) is 0 Å². The second-order valence-electron chi connectivity index (χ2n) is 15.1. The molecule has 0 saturated heterocycles. The minimum atomic E-state index is -0.153. The molecule has 5 rings (SSSR count). The maximum absolute atomic E-state index is 10.9. The van der Waals surface area contributed by atoms with Crippen LogP contribution < -0.4 is 0 Å². The molecule has 0 heterocycles. The smallest absolute Gasteiger partial charge is 0.0594 e. The lowest BCUT2D eigenvalue weighted by molar-refractivity contribution is -0.204. The minimum Gasteiger partial charge on any atom is -0.396 e. The van der Waals surface area contributed by atoms with E-state index in [1.54, 1.807) is 5.57 Å². The van der Waals surface area contributed by atoms with Gasteiger partial charge in [-0.3, -0.25) is 0 Å². The molecule has 8 atom stereocenters. The van der Waals surface area contributed by atoms with Gasteiger partial charge in [0.1, 0.15) is 0 Å². The predicted octanol–water partition coefficient (Wildman–Crippen LogP) is 7.14. The molecule has 4 fully saturated rings. The number of hydrogen-bond acceptors (Lipinski definition) is 2. The Kier molecular flexibility index (Phi) is 5.02. The van der Waals surface area contributed by atoms with E-state index in [9.17, 15) is 10.2 Å². The molecule has 5 aliphatic rings. The van der Waals surface area contributed by atoms with Crippen molar-refractivity contribution < 1.29 is 10.2 Å². The topological polar surface area (TPSA) is 40.5 Å². The Balaban J connectivity index is 1.58. The molecule has 0 spiro atoms. The Labute approximate surface area is 197 Å². The van der Waals surface area contributed by atoms with E-state index in [0.29, 0.717) is 40.6 Å². The van der Waals surface area contributed by atoms with E-state index >= 15 is 0 Å². The lowest BCUT2D eigenvalue weighted by Crippen LogP contribution is -2.64. The molecule has 0 aromatic rings. The molecule has 0 radical (unpaired) electrons. The molecule has 182 valence electrons. The van der Waals surface area contributed by atoms with Gasteiger partial charge >= 0.3 is 0 Å². The van der Waals surface area contributed by atoms with Gasteiger partial charge in [-0.05, 0) is 109 Å². The monoisotopic (exact) mass is 442 g/mol. The summed E-state index contributed by atoms with van der Waals surface area (Å²) in [7, 11) is 0. The van der Waals surface area contributed by atoms with Crippen molar-refractivity contribution >= 4 is 0 Å². The number of hydrogen-bond donors (Lipinski definition) is 2. The highest BCUT2D eigenvalue weighted by Gasteiger charge is 2.68. The van der Waals surface area contributed by atoms with E-state index in [1.165, 1.54) is 57.8 Å². The lowest BCUT2D eigenvalue weighted by Gasteiger charge is -2.71. The van der Waals surface area contributed by atoms with Crippen molar-refractivity contribution in [2.24, 2.45) is 50.2 Å². The summed E-state index contributed by atoms with van der Waals surface area (Å²) in [5, 5.41) is 21.5. The molecule has 5 aliphatic carbocycles. The van der Waals surface area contributed by atoms with Crippen molar-refractivity contribution in [3.8, 4) is 0 Å². The van der Waals surface area contributed by atoms with E-state index in [1.807, 2.05) is 0 Å². The van der Waals surface area contributed by atoms with Gasteiger partial charge in [0.05, 0.1) is 6.10 Å². The Hall–Kier alpha value is -0.340. The number of aliphatic hydroxyl groups excluding tert-OH is 2. The fraction of sp³-hybridized carbons (Fsp3) is 0.933. The molecule has 0 bridgehead atoms. The molecule has 4 saturated carbocycles. The first-order valence-corrected chi connectivity index (χ1v) is 13.8. The van der Waals surface area contributed by atoms with Gasteiger partial charge in [-0.15, -0.1) is 0 Å². The van der Waals surface area contributed by atoms with Crippen LogP contribution in [0.3, 0.4) is 0 Å². The number of allylic oxidation sites excluding steroid dienone is 2. The molecular formula is C30H50O2. The molecule has 0 unspecified atom stereocenters. The third-order valence-corrected chi connectivity index (χ3v) is 13.1. The van der Waals surface area contributed by atoms with Gasteiger partial charge < -0.3 is 10.2 Å². The van der Waals surface area contributed by atoms with E-state index in [0.717, 1.165) is 6.42 Å². The van der Waals surface area contributed by atoms with Crippen molar-refractivity contribution in [3.63, 3.8) is 0 Å². The first-order valence-electron chi connectivity index (χ1n) is 13.8. The summed E-state index contributed by atoms with van der Waals surface area (Å²) >= 11 is 0. The van der Waals surface area contributed by atoms with Gasteiger partial charge in [-0.1, -0.05) is 60.1 Å². The van der Waals surface area contributed by atoms with E-state index < -0.39 is 0 Å². The summed E-state index contributed by atoms with van der Waals surface area (Å²) in [5.74, 6) is 1.87. The van der Waals surface area contributed by atoms with Crippen LogP contribution in [0.1, 0.15) is 113 Å². The first-order chi connectivity index (χ1) is 14.8. The maximum atomic E-state index is 10.9. The SMILES string of the molecule is CC1(C)CC[C@]2(CO)CC[C@]3(C)C(=CC[C@H]4[C@@]5(C)CC[C@H](O)C(C)(C)[C@@H]5CC[C@@]43C)[C@@H]2C1. The van der Waals surface area contributed by atoms with Crippen LogP contribution in [0.25, 0.3) is 0 Å². The third-order valence-electron chi connectivity index (χ3n) is 13.1. The summed E-state index contributed by atoms with van der Waals surface area (Å²) in [5.41, 5.74) is 3.16. The lowest BCUT2D eigenvalue weighted by atomic mass is 9.33. The number of fused-ring (bicyclic) bond motifs is 7. The Bertz CT molecular complexity index is 810. The normalized spacial score (nSPS) is 53.8. The summed E-state index contributed by atoms with van der Waals surface area (Å²) in [6, 6.07) is 0. The summed E-state index contributed by atoms with van der Waals surface area (Å²) < 4.78 is 0. The minimum absolute atomic E-state index is 0.0191. The fourth-order valence-corrected chi connectivity index (χ4v) is 10.6. The van der Waals surface area contributed by atoms with Crippen LogP contribution >= 0.6 is 0 Å². The standard InChI is InChI=1S/C30H50O2/c1-25(2)14-16-30(19-31)17-15-28(6)20(21(30)18-25)8-9-23-27(5)12-11-24(32)26(3,4)22(27)10-13-29(23,28)7/h8,21-24,31-32H,9-19H2,1-7H3/t21-,22-,23-,24-,27-,28+,29-,30+/m0/s1. The predicted molar refractivity (Wildman–Crippen MR) is 132 cm³/mol. The molecule has 0 amide bonds. The van der Waals surface area contributed by atoms with Crippen LogP contribution in [0.4, 0.5) is 0 Å². The summed E-state index contributed by atoms with van der Waals surface area (Å²) in [6.45, 7) is 17.8. The average Bonchev–Trinajstić information content (AvgIpc) is 2.71. The quantitative estimate of drug-likeness (QED) is 0.424. The number of aliphatic hydroxyl groups is 2. The fourth-order valence-electron chi connectivity index (χ4n) is 10.6. The molecule has 32 heavy (non-hydrogen) atoms. The number of rotatable bonds is 1. The van der Waals surface area contributed by atoms with E-state index in [4.69, 9.17) is 0 Å². The zero-order chi connectivity index (χ0) is 23.4. The zero-order valence-corrected chi connectivity index (χ0v) is 22.1. The molecular weight excluding hydrogens is 392 g/mol. The summed E-state index contributed by atoms with van der Waals surface area (Å²) in [4.78, 5) is 0. The molecule has 2 heteroatoms. The van der Waals surface area contributed by atoms with Crippen LogP contribution in [-0.4, -0.2) is 22.9 Å². The molecule has 0 aromatic heterocycles. The second-order valence-corrected chi connectivity index (χ2v) is 15.1. The third kappa shape index (κ3) is 2.78. The molecule has 0 aromatic carbocycles. The van der Waals surface area contributed by atoms with Gasteiger partial charge in [-0.25, -0.2) is 0 Å². The largest absolute Gasteiger partial charge is 0.396 e. The van der Waals surface area contributed by atoms with Gasteiger partial charge in [0.15, 0.2) is 0 Å². The van der Waals surface area contributed by atoms with Crippen molar-refractivity contribution in [2.75, 3.05) is 6.61 Å². The van der Waals surface area contributed by atoms with Crippen LogP contribution in [0.2, 0.25) is 0 Å². The van der Waals surface area contributed by atoms with Crippen LogP contribution in [0.15, 0.2) is 11.6 Å². The van der Waals surface area contributed by atoms with Crippen molar-refractivity contribution in [3.05, 3.63) is 11.6 Å². The Morgan fingerprint density at radius 1 is 0.844 bits per heavy atom. The Morgan fingerprint density at radius 3 is 2.22 bits per heavy atom. The summed E-state index contributed by atoms with van der Waals surface area (Å²) in [6.07, 6.45) is 14.6. The van der Waals surface area contributed by atoms with Crippen LogP contribution in [0, 0.1) is 50.2 Å². The van der Waals surface area contributed by atoms with Crippen molar-refractivity contribution in [2.45, 2.75) is 119 Å². The average molecular weight is 443 g/mol.